The minimum atomic E-state index is -0.338. The van der Waals surface area contributed by atoms with Crippen LogP contribution in [0.1, 0.15) is 6.92 Å². The second-order valence-corrected chi connectivity index (χ2v) is 3.53. The molecule has 0 radical (unpaired) electrons. The van der Waals surface area contributed by atoms with Gasteiger partial charge in [0.15, 0.2) is 0 Å². The Kier molecular flexibility index (Phi) is 8.31. The Bertz CT molecular complexity index is 241. The topological polar surface area (TPSA) is 75.1 Å². The van der Waals surface area contributed by atoms with E-state index in [0.29, 0.717) is 12.4 Å². The average Bonchev–Trinajstić information content (AvgIpc) is 2.17. The number of ether oxygens (including phenoxy) is 1. The molecule has 0 saturated carbocycles. The lowest BCUT2D eigenvalue weighted by Crippen LogP contribution is -2.12. The first-order chi connectivity index (χ1) is 6.74. The summed E-state index contributed by atoms with van der Waals surface area (Å²) in [7, 11) is 0. The molecule has 7 heteroatoms. The van der Waals surface area contributed by atoms with Crippen molar-refractivity contribution in [2.24, 2.45) is 5.11 Å². The maximum Gasteiger partial charge on any atom is 0.315 e. The summed E-state index contributed by atoms with van der Waals surface area (Å²) in [6, 6.07) is -0.338. The third-order valence-corrected chi connectivity index (χ3v) is 2.50. The molecule has 0 spiro atoms. The zero-order chi connectivity index (χ0) is 10.8. The Morgan fingerprint density at radius 3 is 3.07 bits per heavy atom. The van der Waals surface area contributed by atoms with Gasteiger partial charge in [0.1, 0.15) is 0 Å². The first-order valence-corrected chi connectivity index (χ1v) is 5.60. The predicted molar refractivity (Wildman–Crippen MR) is 60.5 cm³/mol. The molecule has 1 unspecified atom stereocenters. The number of carbonyl (C=O) groups excluding carboxylic acids is 1. The van der Waals surface area contributed by atoms with Crippen LogP contribution >= 0.6 is 24.0 Å². The minimum absolute atomic E-state index is 0.258. The lowest BCUT2D eigenvalue weighted by atomic mass is 10.4. The molecule has 1 atom stereocenters. The van der Waals surface area contributed by atoms with E-state index in [0.717, 1.165) is 0 Å². The molecular formula is C7H11N3O2S2. The van der Waals surface area contributed by atoms with E-state index in [-0.39, 0.29) is 17.8 Å². The minimum Gasteiger partial charge on any atom is -0.465 e. The van der Waals surface area contributed by atoms with Crippen molar-refractivity contribution in [3.05, 3.63) is 10.4 Å². The molecule has 0 bridgehead atoms. The lowest BCUT2D eigenvalue weighted by Gasteiger charge is -2.03. The Morgan fingerprint density at radius 2 is 2.57 bits per heavy atom. The Balaban J connectivity index is 3.65. The molecule has 0 aliphatic carbocycles. The summed E-state index contributed by atoms with van der Waals surface area (Å²) in [6.07, 6.45) is 0. The molecular weight excluding hydrogens is 222 g/mol. The third-order valence-electron chi connectivity index (χ3n) is 1.17. The second kappa shape index (κ2) is 8.80. The SMILES string of the molecule is CCOC(=O)CSCC(C=S)N=[N+]=[N-]. The lowest BCUT2D eigenvalue weighted by molar-refractivity contribution is -0.139. The van der Waals surface area contributed by atoms with E-state index in [2.05, 4.69) is 22.2 Å². The van der Waals surface area contributed by atoms with E-state index >= 15 is 0 Å². The summed E-state index contributed by atoms with van der Waals surface area (Å²) in [5, 5.41) is 4.82. The normalized spacial score (nSPS) is 11.2. The van der Waals surface area contributed by atoms with Gasteiger partial charge in [-0.1, -0.05) is 17.3 Å². The van der Waals surface area contributed by atoms with Gasteiger partial charge in [-0.3, -0.25) is 4.79 Å². The van der Waals surface area contributed by atoms with Crippen molar-refractivity contribution in [2.45, 2.75) is 13.0 Å². The van der Waals surface area contributed by atoms with Crippen LogP contribution in [0.25, 0.3) is 10.4 Å². The van der Waals surface area contributed by atoms with Gasteiger partial charge >= 0.3 is 5.97 Å². The van der Waals surface area contributed by atoms with Crippen molar-refractivity contribution in [2.75, 3.05) is 18.1 Å². The molecule has 0 aliphatic rings. The van der Waals surface area contributed by atoms with Crippen molar-refractivity contribution in [3.8, 4) is 0 Å². The van der Waals surface area contributed by atoms with Crippen LogP contribution in [0.2, 0.25) is 0 Å². The molecule has 14 heavy (non-hydrogen) atoms. The standard InChI is InChI=1S/C7H11N3O2S2/c1-2-12-7(11)5-14-4-6(3-13)9-10-8/h3,6H,2,4-5H2,1H3. The summed E-state index contributed by atoms with van der Waals surface area (Å²) < 4.78 is 4.72. The van der Waals surface area contributed by atoms with Crippen molar-refractivity contribution >= 4 is 35.3 Å². The largest absolute Gasteiger partial charge is 0.465 e. The molecule has 0 saturated heterocycles. The number of nitrogens with zero attached hydrogens (tertiary/aromatic N) is 3. The summed E-state index contributed by atoms with van der Waals surface area (Å²) >= 11 is 5.99. The van der Waals surface area contributed by atoms with E-state index < -0.39 is 0 Å². The highest BCUT2D eigenvalue weighted by Crippen LogP contribution is 2.05. The van der Waals surface area contributed by atoms with Crippen LogP contribution in [0.3, 0.4) is 0 Å². The zero-order valence-electron chi connectivity index (χ0n) is 7.75. The zero-order valence-corrected chi connectivity index (χ0v) is 9.38. The first-order valence-electron chi connectivity index (χ1n) is 3.97. The van der Waals surface area contributed by atoms with Gasteiger partial charge in [0, 0.05) is 10.7 Å². The fraction of sp³-hybridized carbons (Fsp3) is 0.714. The maximum atomic E-state index is 10.9. The number of rotatable bonds is 7. The summed E-state index contributed by atoms with van der Waals surface area (Å²) in [5.74, 6) is 0.502. The molecule has 0 aliphatic heterocycles. The first kappa shape index (κ1) is 13.2. The van der Waals surface area contributed by atoms with E-state index in [9.17, 15) is 4.79 Å². The quantitative estimate of drug-likeness (QED) is 0.221. The molecule has 0 amide bonds. The maximum absolute atomic E-state index is 10.9. The average molecular weight is 233 g/mol. The fourth-order valence-corrected chi connectivity index (χ4v) is 1.68. The highest BCUT2D eigenvalue weighted by molar-refractivity contribution is 8.00. The van der Waals surface area contributed by atoms with Crippen LogP contribution in [0.4, 0.5) is 0 Å². The van der Waals surface area contributed by atoms with E-state index in [1.165, 1.54) is 17.1 Å². The van der Waals surface area contributed by atoms with Crippen LogP contribution in [-0.4, -0.2) is 35.5 Å². The summed E-state index contributed by atoms with van der Waals surface area (Å²) in [5.41, 5.74) is 8.15. The van der Waals surface area contributed by atoms with Crippen molar-refractivity contribution in [1.82, 2.24) is 0 Å². The molecule has 0 N–H and O–H groups in total. The van der Waals surface area contributed by atoms with Crippen molar-refractivity contribution in [3.63, 3.8) is 0 Å². The van der Waals surface area contributed by atoms with Crippen LogP contribution < -0.4 is 0 Å². The highest BCUT2D eigenvalue weighted by atomic mass is 32.2. The van der Waals surface area contributed by atoms with Crippen LogP contribution in [0.15, 0.2) is 5.11 Å². The highest BCUT2D eigenvalue weighted by Gasteiger charge is 2.05. The van der Waals surface area contributed by atoms with Crippen LogP contribution in [-0.2, 0) is 9.53 Å². The fourth-order valence-electron chi connectivity index (χ4n) is 0.632. The van der Waals surface area contributed by atoms with Gasteiger partial charge in [-0.15, -0.1) is 11.8 Å². The van der Waals surface area contributed by atoms with Gasteiger partial charge in [-0.2, -0.15) is 0 Å². The van der Waals surface area contributed by atoms with Crippen LogP contribution in [0, 0.1) is 0 Å². The predicted octanol–water partition coefficient (Wildman–Crippen LogP) is 1.96. The summed E-state index contributed by atoms with van der Waals surface area (Å²) in [6.45, 7) is 2.13. The monoisotopic (exact) mass is 233 g/mol. The van der Waals surface area contributed by atoms with Gasteiger partial charge < -0.3 is 4.74 Å². The molecule has 5 nitrogen and oxygen atoms in total. The number of carbonyl (C=O) groups is 1. The third kappa shape index (κ3) is 6.71. The van der Waals surface area contributed by atoms with Gasteiger partial charge in [0.25, 0.3) is 0 Å². The van der Waals surface area contributed by atoms with E-state index in [4.69, 9.17) is 10.3 Å². The van der Waals surface area contributed by atoms with Gasteiger partial charge in [-0.25, -0.2) is 0 Å². The Morgan fingerprint density at radius 1 is 1.86 bits per heavy atom. The van der Waals surface area contributed by atoms with Crippen molar-refractivity contribution in [1.29, 1.82) is 0 Å². The van der Waals surface area contributed by atoms with E-state index in [1.807, 2.05) is 0 Å². The summed E-state index contributed by atoms with van der Waals surface area (Å²) in [4.78, 5) is 13.5. The molecule has 0 fully saturated rings. The number of thioether (sulfide) groups is 1. The Labute approximate surface area is 91.8 Å². The number of esters is 1. The molecule has 0 heterocycles. The van der Waals surface area contributed by atoms with E-state index in [1.54, 1.807) is 6.92 Å². The number of hydrogen-bond acceptors (Lipinski definition) is 5. The molecule has 0 aromatic carbocycles. The number of azide groups is 1. The van der Waals surface area contributed by atoms with Gasteiger partial charge in [0.05, 0.1) is 18.4 Å². The molecule has 78 valence electrons. The second-order valence-electron chi connectivity index (χ2n) is 2.23. The smallest absolute Gasteiger partial charge is 0.315 e. The molecule has 0 aromatic heterocycles. The molecule has 0 rings (SSSR count). The van der Waals surface area contributed by atoms with Gasteiger partial charge in [0.2, 0.25) is 0 Å². The molecule has 0 aromatic rings. The Hall–Kier alpha value is -0.780. The van der Waals surface area contributed by atoms with Gasteiger partial charge in [-0.05, 0) is 17.8 Å². The van der Waals surface area contributed by atoms with Crippen molar-refractivity contribution < 1.29 is 9.53 Å². The number of thiocarbonyl (C=S) groups is 1. The number of hydrogen-bond donors (Lipinski definition) is 0. The van der Waals surface area contributed by atoms with Crippen LogP contribution in [0.5, 0.6) is 0 Å².